The van der Waals surface area contributed by atoms with Crippen molar-refractivity contribution < 1.29 is 9.47 Å². The molecule has 2 aromatic carbocycles. The van der Waals surface area contributed by atoms with Crippen molar-refractivity contribution in [2.24, 2.45) is 0 Å². The Kier molecular flexibility index (Phi) is 3.09. The summed E-state index contributed by atoms with van der Waals surface area (Å²) in [6.07, 6.45) is 4.24. The van der Waals surface area contributed by atoms with Crippen molar-refractivity contribution >= 4 is 23.0 Å². The second kappa shape index (κ2) is 5.10. The molecule has 0 amide bonds. The monoisotopic (exact) mass is 299 g/mol. The highest BCUT2D eigenvalue weighted by molar-refractivity contribution is 6.30. The van der Waals surface area contributed by atoms with Crippen LogP contribution in [0.1, 0.15) is 0 Å². The van der Waals surface area contributed by atoms with Gasteiger partial charge < -0.3 is 14.4 Å². The topological polar surface area (TPSA) is 21.7 Å². The first-order valence-electron chi connectivity index (χ1n) is 6.93. The summed E-state index contributed by atoms with van der Waals surface area (Å²) in [6, 6.07) is 13.9. The van der Waals surface area contributed by atoms with Gasteiger partial charge in [0, 0.05) is 11.1 Å². The van der Waals surface area contributed by atoms with E-state index in [0.29, 0.717) is 18.2 Å². The Labute approximate surface area is 128 Å². The molecular weight excluding hydrogens is 286 g/mol. The molecule has 1 unspecified atom stereocenters. The molecule has 0 saturated carbocycles. The Morgan fingerprint density at radius 2 is 1.90 bits per heavy atom. The van der Waals surface area contributed by atoms with Gasteiger partial charge in [0.2, 0.25) is 0 Å². The summed E-state index contributed by atoms with van der Waals surface area (Å²) < 4.78 is 11.6. The average Bonchev–Trinajstić information content (AvgIpc) is 2.53. The summed E-state index contributed by atoms with van der Waals surface area (Å²) in [6.45, 7) is 1.34. The SMILES string of the molecule is Clc1ccc2c(c1)Oc1ccccc1N2C1C=CCOC1. The van der Waals surface area contributed by atoms with Crippen LogP contribution in [0, 0.1) is 0 Å². The van der Waals surface area contributed by atoms with Crippen LogP contribution in [-0.4, -0.2) is 19.3 Å². The van der Waals surface area contributed by atoms with E-state index in [9.17, 15) is 0 Å². The predicted octanol–water partition coefficient (Wildman–Crippen LogP) is 4.54. The van der Waals surface area contributed by atoms with Crippen molar-refractivity contribution in [3.05, 3.63) is 59.6 Å². The molecule has 0 N–H and O–H groups in total. The normalized spacial score (nSPS) is 19.7. The number of benzene rings is 2. The first-order chi connectivity index (χ1) is 10.3. The lowest BCUT2D eigenvalue weighted by atomic mass is 10.1. The Balaban J connectivity index is 1.88. The van der Waals surface area contributed by atoms with Gasteiger partial charge >= 0.3 is 0 Å². The summed E-state index contributed by atoms with van der Waals surface area (Å²) in [4.78, 5) is 2.25. The van der Waals surface area contributed by atoms with Crippen LogP contribution in [0.4, 0.5) is 11.4 Å². The van der Waals surface area contributed by atoms with Gasteiger partial charge in [0.05, 0.1) is 30.6 Å². The fourth-order valence-electron chi connectivity index (χ4n) is 2.80. The van der Waals surface area contributed by atoms with Gasteiger partial charge in [0.1, 0.15) is 0 Å². The van der Waals surface area contributed by atoms with Crippen molar-refractivity contribution in [1.82, 2.24) is 0 Å². The number of ether oxygens (including phenoxy) is 2. The molecular formula is C17H14ClNO2. The zero-order valence-corrected chi connectivity index (χ0v) is 12.1. The molecule has 106 valence electrons. The van der Waals surface area contributed by atoms with E-state index < -0.39 is 0 Å². The number of hydrogen-bond acceptors (Lipinski definition) is 3. The molecule has 0 bridgehead atoms. The molecule has 0 spiro atoms. The second-order valence-corrected chi connectivity index (χ2v) is 5.52. The Hall–Kier alpha value is -1.97. The Bertz CT molecular complexity index is 714. The van der Waals surface area contributed by atoms with Crippen molar-refractivity contribution in [3.8, 4) is 11.5 Å². The smallest absolute Gasteiger partial charge is 0.152 e. The van der Waals surface area contributed by atoms with Crippen LogP contribution in [0.15, 0.2) is 54.6 Å². The molecule has 2 aromatic rings. The number of fused-ring (bicyclic) bond motifs is 2. The van der Waals surface area contributed by atoms with Gasteiger partial charge in [-0.2, -0.15) is 0 Å². The van der Waals surface area contributed by atoms with Gasteiger partial charge in [-0.05, 0) is 24.3 Å². The molecule has 0 saturated heterocycles. The predicted molar refractivity (Wildman–Crippen MR) is 83.9 cm³/mol. The van der Waals surface area contributed by atoms with Crippen molar-refractivity contribution in [3.63, 3.8) is 0 Å². The molecule has 0 aromatic heterocycles. The van der Waals surface area contributed by atoms with E-state index in [1.165, 1.54) is 0 Å². The van der Waals surface area contributed by atoms with Gasteiger partial charge in [-0.3, -0.25) is 0 Å². The zero-order chi connectivity index (χ0) is 14.2. The fraction of sp³-hybridized carbons (Fsp3) is 0.176. The highest BCUT2D eigenvalue weighted by Crippen LogP contribution is 2.48. The molecule has 3 nitrogen and oxygen atoms in total. The minimum atomic E-state index is 0.156. The summed E-state index contributed by atoms with van der Waals surface area (Å²) in [5, 5.41) is 0.670. The van der Waals surface area contributed by atoms with Gasteiger partial charge in [0.25, 0.3) is 0 Å². The maximum absolute atomic E-state index is 6.10. The highest BCUT2D eigenvalue weighted by atomic mass is 35.5. The van der Waals surface area contributed by atoms with E-state index in [0.717, 1.165) is 22.9 Å². The quantitative estimate of drug-likeness (QED) is 0.722. The van der Waals surface area contributed by atoms with Crippen LogP contribution in [0.3, 0.4) is 0 Å². The summed E-state index contributed by atoms with van der Waals surface area (Å²) >= 11 is 6.10. The van der Waals surface area contributed by atoms with E-state index in [4.69, 9.17) is 21.1 Å². The first kappa shape index (κ1) is 12.7. The average molecular weight is 300 g/mol. The lowest BCUT2D eigenvalue weighted by molar-refractivity contribution is 0.146. The third kappa shape index (κ3) is 2.19. The largest absolute Gasteiger partial charge is 0.453 e. The van der Waals surface area contributed by atoms with Crippen LogP contribution < -0.4 is 9.64 Å². The summed E-state index contributed by atoms with van der Waals surface area (Å²) in [5.41, 5.74) is 2.06. The summed E-state index contributed by atoms with van der Waals surface area (Å²) in [5.74, 6) is 1.62. The van der Waals surface area contributed by atoms with Crippen molar-refractivity contribution in [1.29, 1.82) is 0 Å². The summed E-state index contributed by atoms with van der Waals surface area (Å²) in [7, 11) is 0. The van der Waals surface area contributed by atoms with Gasteiger partial charge in [-0.1, -0.05) is 35.9 Å². The molecule has 0 aliphatic carbocycles. The minimum Gasteiger partial charge on any atom is -0.453 e. The molecule has 0 radical (unpaired) electrons. The highest BCUT2D eigenvalue weighted by Gasteiger charge is 2.29. The molecule has 21 heavy (non-hydrogen) atoms. The third-order valence-electron chi connectivity index (χ3n) is 3.72. The Morgan fingerprint density at radius 3 is 2.76 bits per heavy atom. The second-order valence-electron chi connectivity index (χ2n) is 5.08. The molecule has 0 fully saturated rings. The van der Waals surface area contributed by atoms with Crippen LogP contribution >= 0.6 is 11.6 Å². The number of nitrogens with zero attached hydrogens (tertiary/aromatic N) is 1. The third-order valence-corrected chi connectivity index (χ3v) is 3.95. The molecule has 4 heteroatoms. The zero-order valence-electron chi connectivity index (χ0n) is 11.3. The Morgan fingerprint density at radius 1 is 1.05 bits per heavy atom. The number of hydrogen-bond donors (Lipinski definition) is 0. The first-order valence-corrected chi connectivity index (χ1v) is 7.31. The molecule has 2 heterocycles. The van der Waals surface area contributed by atoms with Crippen LogP contribution in [0.2, 0.25) is 5.02 Å². The van der Waals surface area contributed by atoms with E-state index in [1.807, 2.05) is 36.4 Å². The van der Waals surface area contributed by atoms with Crippen LogP contribution in [-0.2, 0) is 4.74 Å². The van der Waals surface area contributed by atoms with Crippen molar-refractivity contribution in [2.75, 3.05) is 18.1 Å². The molecule has 4 rings (SSSR count). The van der Waals surface area contributed by atoms with E-state index in [-0.39, 0.29) is 6.04 Å². The molecule has 2 aliphatic rings. The number of anilines is 2. The minimum absolute atomic E-state index is 0.156. The maximum Gasteiger partial charge on any atom is 0.152 e. The lowest BCUT2D eigenvalue weighted by Crippen LogP contribution is -2.37. The molecule has 2 aliphatic heterocycles. The standard InChI is InChI=1S/C17H14ClNO2/c18-12-7-8-15-17(10-12)21-16-6-2-1-5-14(16)19(15)13-4-3-9-20-11-13/h1-8,10,13H,9,11H2. The van der Waals surface area contributed by atoms with Gasteiger partial charge in [-0.25, -0.2) is 0 Å². The van der Waals surface area contributed by atoms with Crippen molar-refractivity contribution in [2.45, 2.75) is 6.04 Å². The number of para-hydroxylation sites is 2. The fourth-order valence-corrected chi connectivity index (χ4v) is 2.96. The number of rotatable bonds is 1. The molecule has 1 atom stereocenters. The van der Waals surface area contributed by atoms with Gasteiger partial charge in [0.15, 0.2) is 11.5 Å². The van der Waals surface area contributed by atoms with Crippen LogP contribution in [0.5, 0.6) is 11.5 Å². The van der Waals surface area contributed by atoms with E-state index in [1.54, 1.807) is 0 Å². The maximum atomic E-state index is 6.10. The van der Waals surface area contributed by atoms with Crippen LogP contribution in [0.25, 0.3) is 0 Å². The number of halogens is 1. The van der Waals surface area contributed by atoms with E-state index >= 15 is 0 Å². The lowest BCUT2D eigenvalue weighted by Gasteiger charge is -2.38. The van der Waals surface area contributed by atoms with Gasteiger partial charge in [-0.15, -0.1) is 0 Å². The van der Waals surface area contributed by atoms with E-state index in [2.05, 4.69) is 23.1 Å².